The number of aliphatic hydroxyl groups is 1. The van der Waals surface area contributed by atoms with E-state index in [-0.39, 0.29) is 11.7 Å². The van der Waals surface area contributed by atoms with Crippen LogP contribution >= 0.6 is 0 Å². The van der Waals surface area contributed by atoms with Crippen LogP contribution < -0.4 is 4.74 Å². The van der Waals surface area contributed by atoms with Crippen molar-refractivity contribution in [2.45, 2.75) is 81.8 Å². The Bertz CT molecular complexity index is 586. The number of benzene rings is 1. The minimum absolute atomic E-state index is 0.0690. The first-order chi connectivity index (χ1) is 12.2. The van der Waals surface area contributed by atoms with E-state index in [0.29, 0.717) is 12.1 Å². The van der Waals surface area contributed by atoms with Gasteiger partial charge in [-0.3, -0.25) is 4.90 Å². The monoisotopic (exact) mass is 345 g/mol. The third-order valence-electron chi connectivity index (χ3n) is 6.61. The Hall–Kier alpha value is -1.10. The SMILES string of the molecule is CO[C@]12CC[C@H](O)C[C@H]1N(Cc1ccccc1OC1CCCC1)CC2. The number of rotatable bonds is 5. The van der Waals surface area contributed by atoms with Gasteiger partial charge in [0.05, 0.1) is 17.8 Å². The van der Waals surface area contributed by atoms with Gasteiger partial charge in [-0.1, -0.05) is 18.2 Å². The van der Waals surface area contributed by atoms with Gasteiger partial charge in [0.15, 0.2) is 0 Å². The van der Waals surface area contributed by atoms with Crippen molar-refractivity contribution in [2.24, 2.45) is 0 Å². The molecule has 2 aliphatic carbocycles. The summed E-state index contributed by atoms with van der Waals surface area (Å²) in [5, 5.41) is 10.2. The summed E-state index contributed by atoms with van der Waals surface area (Å²) in [5.41, 5.74) is 1.20. The number of aliphatic hydroxyl groups excluding tert-OH is 1. The van der Waals surface area contributed by atoms with Gasteiger partial charge in [0, 0.05) is 31.8 Å². The fraction of sp³-hybridized carbons (Fsp3) is 0.714. The van der Waals surface area contributed by atoms with Crippen molar-refractivity contribution in [1.82, 2.24) is 4.90 Å². The van der Waals surface area contributed by atoms with Crippen LogP contribution in [0.15, 0.2) is 24.3 Å². The van der Waals surface area contributed by atoms with Gasteiger partial charge in [-0.2, -0.15) is 0 Å². The lowest BCUT2D eigenvalue weighted by Gasteiger charge is -2.42. The minimum Gasteiger partial charge on any atom is -0.490 e. The Balaban J connectivity index is 1.50. The van der Waals surface area contributed by atoms with Crippen molar-refractivity contribution in [3.05, 3.63) is 29.8 Å². The van der Waals surface area contributed by atoms with Gasteiger partial charge in [0.1, 0.15) is 5.75 Å². The molecule has 2 saturated carbocycles. The fourth-order valence-corrected chi connectivity index (χ4v) is 5.11. The van der Waals surface area contributed by atoms with E-state index in [0.717, 1.165) is 44.5 Å². The molecule has 0 unspecified atom stereocenters. The van der Waals surface area contributed by atoms with Crippen LogP contribution in [0.4, 0.5) is 0 Å². The molecule has 1 aliphatic heterocycles. The molecule has 4 nitrogen and oxygen atoms in total. The second-order valence-corrected chi connectivity index (χ2v) is 8.07. The van der Waals surface area contributed by atoms with E-state index in [4.69, 9.17) is 9.47 Å². The zero-order chi connectivity index (χ0) is 17.3. The van der Waals surface area contributed by atoms with Crippen LogP contribution in [0.1, 0.15) is 56.9 Å². The van der Waals surface area contributed by atoms with E-state index < -0.39 is 0 Å². The Morgan fingerprint density at radius 2 is 1.96 bits per heavy atom. The summed E-state index contributed by atoms with van der Waals surface area (Å²) in [6, 6.07) is 8.79. The molecule has 1 heterocycles. The number of para-hydroxylation sites is 1. The molecule has 0 amide bonds. The first-order valence-corrected chi connectivity index (χ1v) is 9.92. The highest BCUT2D eigenvalue weighted by Crippen LogP contribution is 2.43. The summed E-state index contributed by atoms with van der Waals surface area (Å²) in [6.07, 6.45) is 8.83. The maximum atomic E-state index is 10.2. The summed E-state index contributed by atoms with van der Waals surface area (Å²) < 4.78 is 12.3. The van der Waals surface area contributed by atoms with Crippen LogP contribution in [-0.2, 0) is 11.3 Å². The van der Waals surface area contributed by atoms with Gasteiger partial charge >= 0.3 is 0 Å². The van der Waals surface area contributed by atoms with E-state index in [1.54, 1.807) is 0 Å². The van der Waals surface area contributed by atoms with Crippen molar-refractivity contribution < 1.29 is 14.6 Å². The third-order valence-corrected chi connectivity index (χ3v) is 6.61. The summed E-state index contributed by atoms with van der Waals surface area (Å²) in [4.78, 5) is 2.50. The molecule has 1 aromatic carbocycles. The van der Waals surface area contributed by atoms with E-state index in [1.807, 2.05) is 7.11 Å². The molecule has 0 radical (unpaired) electrons. The first-order valence-electron chi connectivity index (χ1n) is 9.92. The van der Waals surface area contributed by atoms with Gasteiger partial charge in [-0.25, -0.2) is 0 Å². The fourth-order valence-electron chi connectivity index (χ4n) is 5.11. The number of nitrogens with zero attached hydrogens (tertiary/aromatic N) is 1. The Morgan fingerprint density at radius 3 is 2.76 bits per heavy atom. The Labute approximate surface area is 151 Å². The number of ether oxygens (including phenoxy) is 2. The molecule has 0 bridgehead atoms. The molecule has 4 heteroatoms. The average Bonchev–Trinajstić information content (AvgIpc) is 3.26. The van der Waals surface area contributed by atoms with E-state index in [9.17, 15) is 5.11 Å². The Morgan fingerprint density at radius 1 is 1.16 bits per heavy atom. The lowest BCUT2D eigenvalue weighted by atomic mass is 9.79. The second-order valence-electron chi connectivity index (χ2n) is 8.07. The van der Waals surface area contributed by atoms with Crippen LogP contribution in [0.5, 0.6) is 5.75 Å². The molecule has 3 aliphatic rings. The predicted octanol–water partition coefficient (Wildman–Crippen LogP) is 3.51. The lowest BCUT2D eigenvalue weighted by Crippen LogP contribution is -2.51. The molecule has 25 heavy (non-hydrogen) atoms. The number of hydrogen-bond donors (Lipinski definition) is 1. The highest BCUT2D eigenvalue weighted by molar-refractivity contribution is 5.34. The highest BCUT2D eigenvalue weighted by atomic mass is 16.5. The molecule has 3 fully saturated rings. The lowest BCUT2D eigenvalue weighted by molar-refractivity contribution is -0.0880. The molecule has 0 spiro atoms. The third kappa shape index (κ3) is 3.44. The molecule has 3 atom stereocenters. The van der Waals surface area contributed by atoms with Crippen molar-refractivity contribution in [3.63, 3.8) is 0 Å². The average molecular weight is 345 g/mol. The number of methoxy groups -OCH3 is 1. The van der Waals surface area contributed by atoms with Gasteiger partial charge in [-0.05, 0) is 57.4 Å². The predicted molar refractivity (Wildman–Crippen MR) is 97.7 cm³/mol. The van der Waals surface area contributed by atoms with Crippen LogP contribution in [-0.4, -0.2) is 47.5 Å². The largest absolute Gasteiger partial charge is 0.490 e. The maximum absolute atomic E-state index is 10.2. The number of likely N-dealkylation sites (tertiary alicyclic amines) is 1. The van der Waals surface area contributed by atoms with Crippen LogP contribution in [0.25, 0.3) is 0 Å². The second kappa shape index (κ2) is 7.26. The molecule has 4 rings (SSSR count). The van der Waals surface area contributed by atoms with Crippen molar-refractivity contribution >= 4 is 0 Å². The standard InChI is InChI=1S/C21H31NO3/c1-24-21-11-10-17(23)14-20(21)22(13-12-21)15-16-6-2-5-9-19(16)25-18-7-3-4-8-18/h2,5-6,9,17-18,20,23H,3-4,7-8,10-15H2,1H3/t17-,20+,21-/m0/s1. The highest BCUT2D eigenvalue weighted by Gasteiger charge is 2.50. The summed E-state index contributed by atoms with van der Waals surface area (Å²) in [6.45, 7) is 1.91. The van der Waals surface area contributed by atoms with Crippen molar-refractivity contribution in [2.75, 3.05) is 13.7 Å². The normalized spacial score (nSPS) is 33.5. The van der Waals surface area contributed by atoms with Crippen molar-refractivity contribution in [3.8, 4) is 5.75 Å². The van der Waals surface area contributed by atoms with Gasteiger partial charge in [0.25, 0.3) is 0 Å². The van der Waals surface area contributed by atoms with Crippen LogP contribution in [0.2, 0.25) is 0 Å². The first kappa shape index (κ1) is 17.3. The van der Waals surface area contributed by atoms with Crippen LogP contribution in [0, 0.1) is 0 Å². The minimum atomic E-state index is -0.196. The quantitative estimate of drug-likeness (QED) is 0.887. The van der Waals surface area contributed by atoms with E-state index >= 15 is 0 Å². The topological polar surface area (TPSA) is 41.9 Å². The molecular weight excluding hydrogens is 314 g/mol. The van der Waals surface area contributed by atoms with E-state index in [2.05, 4.69) is 29.2 Å². The molecular formula is C21H31NO3. The molecule has 0 aromatic heterocycles. The number of fused-ring (bicyclic) bond motifs is 1. The summed E-state index contributed by atoms with van der Waals surface area (Å²) in [7, 11) is 1.84. The molecule has 1 saturated heterocycles. The summed E-state index contributed by atoms with van der Waals surface area (Å²) >= 11 is 0. The van der Waals surface area contributed by atoms with Gasteiger partial charge in [-0.15, -0.1) is 0 Å². The zero-order valence-electron chi connectivity index (χ0n) is 15.3. The number of hydrogen-bond acceptors (Lipinski definition) is 4. The zero-order valence-corrected chi connectivity index (χ0v) is 15.3. The van der Waals surface area contributed by atoms with Crippen LogP contribution in [0.3, 0.4) is 0 Å². The Kier molecular flexibility index (Phi) is 5.03. The van der Waals surface area contributed by atoms with Gasteiger partial charge < -0.3 is 14.6 Å². The molecule has 138 valence electrons. The smallest absolute Gasteiger partial charge is 0.124 e. The summed E-state index contributed by atoms with van der Waals surface area (Å²) in [5.74, 6) is 1.04. The van der Waals surface area contributed by atoms with E-state index in [1.165, 1.54) is 31.2 Å². The maximum Gasteiger partial charge on any atom is 0.124 e. The molecule has 1 N–H and O–H groups in total. The van der Waals surface area contributed by atoms with Gasteiger partial charge in [0.2, 0.25) is 0 Å². The molecule has 1 aromatic rings. The van der Waals surface area contributed by atoms with Crippen molar-refractivity contribution in [1.29, 1.82) is 0 Å².